The first-order chi connectivity index (χ1) is 15.9. The molecule has 0 atom stereocenters. The van der Waals surface area contributed by atoms with Crippen molar-refractivity contribution in [1.82, 2.24) is 19.8 Å². The Balaban J connectivity index is 2.32. The molecule has 2 aromatic rings. The van der Waals surface area contributed by atoms with Gasteiger partial charge in [-0.3, -0.25) is 23.9 Å². The molecule has 0 aliphatic carbocycles. The standard InChI is InChI=1S/C22H29N7O3S/c1-5-24-20(31)15(12-23)22-29(8-4)21(32)16(33-22)13-25-17-10-9-11-18(26-17)27-19(30)14-28(6-2)7-3/h9-11,13H,5-8,14H2,1-4H3,(H,24,31)(H2,25,26,27,30)/b16-13+,22-15-. The molecule has 2 amide bonds. The van der Waals surface area contributed by atoms with Crippen LogP contribution in [0.25, 0.3) is 11.8 Å². The van der Waals surface area contributed by atoms with Gasteiger partial charge in [-0.2, -0.15) is 5.26 Å². The Bertz CT molecular complexity index is 1210. The molecule has 0 radical (unpaired) electrons. The first kappa shape index (κ1) is 25.8. The van der Waals surface area contributed by atoms with Crippen LogP contribution in [0.1, 0.15) is 27.7 Å². The number of carbonyl (C=O) groups excluding carboxylic acids is 2. The van der Waals surface area contributed by atoms with E-state index in [1.54, 1.807) is 32.0 Å². The smallest absolute Gasteiger partial charge is 0.270 e. The molecule has 0 unspecified atom stereocenters. The van der Waals surface area contributed by atoms with Gasteiger partial charge in [0.25, 0.3) is 11.5 Å². The highest BCUT2D eigenvalue weighted by Crippen LogP contribution is 2.09. The number of aromatic nitrogens is 2. The second-order valence-electron chi connectivity index (χ2n) is 6.87. The number of nitrogens with zero attached hydrogens (tertiary/aromatic N) is 4. The first-order valence-electron chi connectivity index (χ1n) is 10.8. The molecule has 2 heterocycles. The summed E-state index contributed by atoms with van der Waals surface area (Å²) < 4.78 is 2.01. The zero-order valence-corrected chi connectivity index (χ0v) is 20.1. The molecule has 2 aromatic heterocycles. The number of nitriles is 1. The lowest BCUT2D eigenvalue weighted by Gasteiger charge is -2.17. The first-order valence-corrected chi connectivity index (χ1v) is 11.6. The van der Waals surface area contributed by atoms with Crippen LogP contribution in [0.5, 0.6) is 0 Å². The number of thiazole rings is 1. The van der Waals surface area contributed by atoms with Crippen molar-refractivity contribution in [2.24, 2.45) is 0 Å². The fourth-order valence-electron chi connectivity index (χ4n) is 2.99. The average molecular weight is 472 g/mol. The summed E-state index contributed by atoms with van der Waals surface area (Å²) in [4.78, 5) is 43.6. The van der Waals surface area contributed by atoms with Crippen molar-refractivity contribution >= 4 is 46.6 Å². The number of amides is 2. The maximum Gasteiger partial charge on any atom is 0.270 e. The highest BCUT2D eigenvalue weighted by atomic mass is 32.1. The Kier molecular flexibility index (Phi) is 9.78. The van der Waals surface area contributed by atoms with E-state index < -0.39 is 5.91 Å². The number of nitrogens with one attached hydrogen (secondary N) is 3. The topological polar surface area (TPSA) is 132 Å². The van der Waals surface area contributed by atoms with Crippen LogP contribution in [0.3, 0.4) is 0 Å². The van der Waals surface area contributed by atoms with E-state index in [9.17, 15) is 19.6 Å². The minimum atomic E-state index is -0.516. The number of hydrogen-bond donors (Lipinski definition) is 3. The van der Waals surface area contributed by atoms with Gasteiger partial charge in [0, 0.05) is 19.3 Å². The second-order valence-corrected chi connectivity index (χ2v) is 7.90. The van der Waals surface area contributed by atoms with Crippen molar-refractivity contribution < 1.29 is 9.59 Å². The molecule has 0 fully saturated rings. The highest BCUT2D eigenvalue weighted by Gasteiger charge is 2.14. The molecule has 10 nitrogen and oxygen atoms in total. The van der Waals surface area contributed by atoms with Crippen LogP contribution in [0, 0.1) is 11.3 Å². The number of pyridine rings is 1. The molecule has 2 rings (SSSR count). The molecule has 0 aliphatic heterocycles. The van der Waals surface area contributed by atoms with E-state index in [4.69, 9.17) is 0 Å². The Labute approximate surface area is 196 Å². The SMILES string of the molecule is CCNC(=O)/C(C#N)=c1\s/c(=C/Nc2cccc(NC(=O)CN(CC)CC)n2)c(=O)n1CC. The molecule has 0 saturated heterocycles. The van der Waals surface area contributed by atoms with E-state index in [0.717, 1.165) is 24.4 Å². The normalized spacial score (nSPS) is 12.3. The summed E-state index contributed by atoms with van der Waals surface area (Å²) in [7, 11) is 0. The van der Waals surface area contributed by atoms with Gasteiger partial charge in [-0.15, -0.1) is 11.3 Å². The molecule has 33 heavy (non-hydrogen) atoms. The van der Waals surface area contributed by atoms with Crippen molar-refractivity contribution in [2.45, 2.75) is 34.2 Å². The summed E-state index contributed by atoms with van der Waals surface area (Å²) in [6, 6.07) is 7.02. The van der Waals surface area contributed by atoms with E-state index in [1.165, 1.54) is 10.8 Å². The van der Waals surface area contributed by atoms with Crippen LogP contribution >= 0.6 is 11.3 Å². The quantitative estimate of drug-likeness (QED) is 0.453. The van der Waals surface area contributed by atoms with Crippen molar-refractivity contribution in [3.05, 3.63) is 37.7 Å². The van der Waals surface area contributed by atoms with Gasteiger partial charge >= 0.3 is 0 Å². The van der Waals surface area contributed by atoms with Gasteiger partial charge in [0.15, 0.2) is 5.57 Å². The molecule has 176 valence electrons. The molecule has 0 aliphatic rings. The number of rotatable bonds is 10. The highest BCUT2D eigenvalue weighted by molar-refractivity contribution is 7.07. The summed E-state index contributed by atoms with van der Waals surface area (Å²) >= 11 is 1.05. The maximum atomic E-state index is 12.8. The van der Waals surface area contributed by atoms with Gasteiger partial charge in [-0.1, -0.05) is 19.9 Å². The largest absolute Gasteiger partial charge is 0.352 e. The average Bonchev–Trinajstić information content (AvgIpc) is 3.11. The van der Waals surface area contributed by atoms with E-state index in [0.29, 0.717) is 33.9 Å². The molecule has 0 saturated carbocycles. The van der Waals surface area contributed by atoms with Crippen LogP contribution in [0.2, 0.25) is 0 Å². The molecule has 11 heteroatoms. The van der Waals surface area contributed by atoms with Gasteiger partial charge < -0.3 is 16.0 Å². The lowest BCUT2D eigenvalue weighted by atomic mass is 10.3. The minimum Gasteiger partial charge on any atom is -0.352 e. The Morgan fingerprint density at radius 1 is 1.21 bits per heavy atom. The third kappa shape index (κ3) is 6.74. The van der Waals surface area contributed by atoms with E-state index in [2.05, 4.69) is 20.9 Å². The second kappa shape index (κ2) is 12.5. The van der Waals surface area contributed by atoms with E-state index >= 15 is 0 Å². The third-order valence-electron chi connectivity index (χ3n) is 4.74. The van der Waals surface area contributed by atoms with Gasteiger partial charge in [0.1, 0.15) is 26.9 Å². The molecular formula is C22H29N7O3S. The third-order valence-corrected chi connectivity index (χ3v) is 5.87. The number of carbonyl (C=O) groups is 2. The van der Waals surface area contributed by atoms with Crippen molar-refractivity contribution in [1.29, 1.82) is 5.26 Å². The van der Waals surface area contributed by atoms with Crippen molar-refractivity contribution in [3.63, 3.8) is 0 Å². The maximum absolute atomic E-state index is 12.8. The number of hydrogen-bond acceptors (Lipinski definition) is 8. The van der Waals surface area contributed by atoms with Crippen molar-refractivity contribution in [3.8, 4) is 6.07 Å². The van der Waals surface area contributed by atoms with Crippen LogP contribution in [-0.4, -0.2) is 52.4 Å². The predicted molar refractivity (Wildman–Crippen MR) is 130 cm³/mol. The summed E-state index contributed by atoms with van der Waals surface area (Å²) in [5.74, 6) is 0.143. The molecule has 0 aromatic carbocycles. The predicted octanol–water partition coefficient (Wildman–Crippen LogP) is 0.265. The van der Waals surface area contributed by atoms with Gasteiger partial charge in [-0.25, -0.2) is 4.98 Å². The lowest BCUT2D eigenvalue weighted by molar-refractivity contribution is -0.117. The van der Waals surface area contributed by atoms with Crippen LogP contribution in [0.4, 0.5) is 11.6 Å². The zero-order valence-electron chi connectivity index (χ0n) is 19.3. The molecule has 0 spiro atoms. The minimum absolute atomic E-state index is 0.100. The Morgan fingerprint density at radius 3 is 2.52 bits per heavy atom. The summed E-state index contributed by atoms with van der Waals surface area (Å²) in [6.45, 7) is 10.0. The monoisotopic (exact) mass is 471 g/mol. The van der Waals surface area contributed by atoms with Crippen molar-refractivity contribution in [2.75, 3.05) is 36.8 Å². The van der Waals surface area contributed by atoms with E-state index in [1.807, 2.05) is 24.8 Å². The van der Waals surface area contributed by atoms with Gasteiger partial charge in [-0.05, 0) is 39.1 Å². The Morgan fingerprint density at radius 2 is 1.91 bits per heavy atom. The molecule has 0 bridgehead atoms. The molecule has 3 N–H and O–H groups in total. The van der Waals surface area contributed by atoms with Crippen LogP contribution < -0.4 is 30.7 Å². The van der Waals surface area contributed by atoms with E-state index in [-0.39, 0.29) is 23.6 Å². The number of likely N-dealkylation sites (N-methyl/N-ethyl adjacent to an activating group) is 1. The fraction of sp³-hybridized carbons (Fsp3) is 0.409. The molecular weight excluding hydrogens is 442 g/mol. The fourth-order valence-corrected chi connectivity index (χ4v) is 4.08. The number of anilines is 2. The Hall–Kier alpha value is -3.49. The summed E-state index contributed by atoms with van der Waals surface area (Å²) in [6.07, 6.45) is 1.49. The summed E-state index contributed by atoms with van der Waals surface area (Å²) in [5, 5.41) is 17.8. The van der Waals surface area contributed by atoms with Crippen LogP contribution in [0.15, 0.2) is 23.0 Å². The van der Waals surface area contributed by atoms with Gasteiger partial charge in [0.05, 0.1) is 6.54 Å². The summed E-state index contributed by atoms with van der Waals surface area (Å²) in [5.41, 5.74) is -0.415. The zero-order chi connectivity index (χ0) is 24.4. The van der Waals surface area contributed by atoms with Crippen LogP contribution in [-0.2, 0) is 16.1 Å². The van der Waals surface area contributed by atoms with Gasteiger partial charge in [0.2, 0.25) is 5.91 Å². The lowest BCUT2D eigenvalue weighted by Crippen LogP contribution is -2.34.